The van der Waals surface area contributed by atoms with E-state index in [-0.39, 0.29) is 13.0 Å². The summed E-state index contributed by atoms with van der Waals surface area (Å²) < 4.78 is 10.8. The maximum Gasteiger partial charge on any atom is 0.407 e. The highest BCUT2D eigenvalue weighted by atomic mass is 16.6. The molecule has 152 valence electrons. The van der Waals surface area contributed by atoms with Gasteiger partial charge in [0.1, 0.15) is 23.2 Å². The van der Waals surface area contributed by atoms with Crippen LogP contribution < -0.4 is 15.8 Å². The van der Waals surface area contributed by atoms with Crippen molar-refractivity contribution >= 4 is 11.8 Å². The van der Waals surface area contributed by atoms with E-state index in [0.29, 0.717) is 22.7 Å². The second-order valence-corrected chi connectivity index (χ2v) is 7.47. The summed E-state index contributed by atoms with van der Waals surface area (Å²) in [5.41, 5.74) is 6.26. The predicted molar refractivity (Wildman–Crippen MR) is 107 cm³/mol. The molecule has 1 amide bonds. The van der Waals surface area contributed by atoms with E-state index in [0.717, 1.165) is 0 Å². The average Bonchev–Trinajstić information content (AvgIpc) is 2.62. The van der Waals surface area contributed by atoms with E-state index < -0.39 is 23.9 Å². The van der Waals surface area contributed by atoms with Gasteiger partial charge in [0.15, 0.2) is 0 Å². The molecule has 5 N–H and O–H groups in total. The van der Waals surface area contributed by atoms with Gasteiger partial charge in [-0.15, -0.1) is 0 Å². The zero-order chi connectivity index (χ0) is 20.7. The lowest BCUT2D eigenvalue weighted by molar-refractivity contribution is 0.0123. The van der Waals surface area contributed by atoms with E-state index in [4.69, 9.17) is 15.2 Å². The first-order chi connectivity index (χ1) is 13.1. The molecule has 0 saturated carbocycles. The van der Waals surface area contributed by atoms with Crippen molar-refractivity contribution in [2.75, 3.05) is 12.3 Å². The number of carbonyl (C=O) groups excluding carboxylic acids is 1. The van der Waals surface area contributed by atoms with Crippen LogP contribution in [0, 0.1) is 0 Å². The molecule has 0 fully saturated rings. The number of amides is 1. The molecule has 0 aromatic heterocycles. The molecule has 0 heterocycles. The Morgan fingerprint density at radius 1 is 1.04 bits per heavy atom. The maximum absolute atomic E-state index is 11.6. The van der Waals surface area contributed by atoms with Crippen LogP contribution in [0.15, 0.2) is 48.5 Å². The van der Waals surface area contributed by atoms with Gasteiger partial charge in [-0.3, -0.25) is 0 Å². The van der Waals surface area contributed by atoms with Crippen LogP contribution in [0.1, 0.15) is 38.9 Å². The minimum absolute atomic E-state index is 0.185. The quantitative estimate of drug-likeness (QED) is 0.541. The number of aliphatic hydroxyl groups is 2. The molecule has 2 rings (SSSR count). The number of nitrogens with two attached hydrogens (primary N) is 1. The Balaban J connectivity index is 1.83. The predicted octanol–water partition coefficient (Wildman–Crippen LogP) is 3.37. The number of benzene rings is 2. The number of alkyl carbamates (subject to hydrolysis) is 1. The summed E-state index contributed by atoms with van der Waals surface area (Å²) in [6.45, 7) is 5.49. The van der Waals surface area contributed by atoms with Gasteiger partial charge in [0, 0.05) is 12.2 Å². The molecule has 0 bridgehead atoms. The monoisotopic (exact) mass is 388 g/mol. The van der Waals surface area contributed by atoms with Crippen molar-refractivity contribution in [3.8, 4) is 11.5 Å². The van der Waals surface area contributed by atoms with Crippen molar-refractivity contribution in [2.24, 2.45) is 0 Å². The molecular formula is C21H28N2O5. The number of carbonyl (C=O) groups is 1. The first-order valence-corrected chi connectivity index (χ1v) is 9.10. The number of anilines is 1. The first kappa shape index (κ1) is 21.5. The van der Waals surface area contributed by atoms with E-state index in [2.05, 4.69) is 5.32 Å². The smallest absolute Gasteiger partial charge is 0.407 e. The molecule has 2 aromatic carbocycles. The van der Waals surface area contributed by atoms with Crippen LogP contribution in [0.5, 0.6) is 11.5 Å². The summed E-state index contributed by atoms with van der Waals surface area (Å²) in [6.07, 6.45) is -2.48. The average molecular weight is 388 g/mol. The van der Waals surface area contributed by atoms with E-state index in [1.54, 1.807) is 69.3 Å². The molecule has 7 heteroatoms. The zero-order valence-electron chi connectivity index (χ0n) is 16.4. The van der Waals surface area contributed by atoms with Crippen molar-refractivity contribution in [3.05, 3.63) is 54.1 Å². The topological polar surface area (TPSA) is 114 Å². The second kappa shape index (κ2) is 9.43. The van der Waals surface area contributed by atoms with E-state index in [1.165, 1.54) is 0 Å². The molecule has 2 atom stereocenters. The lowest BCUT2D eigenvalue weighted by Gasteiger charge is -2.21. The third-order valence-electron chi connectivity index (χ3n) is 3.81. The lowest BCUT2D eigenvalue weighted by Crippen LogP contribution is -2.34. The summed E-state index contributed by atoms with van der Waals surface area (Å²) in [6, 6.07) is 13.8. The normalized spacial score (nSPS) is 13.5. The summed E-state index contributed by atoms with van der Waals surface area (Å²) in [4.78, 5) is 11.6. The van der Waals surface area contributed by atoms with Gasteiger partial charge in [-0.25, -0.2) is 4.79 Å². The lowest BCUT2D eigenvalue weighted by atomic mass is 10.0. The number of rotatable bonds is 7. The molecule has 0 aliphatic rings. The van der Waals surface area contributed by atoms with E-state index in [9.17, 15) is 15.0 Å². The standard InChI is InChI=1S/C21H28N2O5/c1-21(2,3)28-20(26)23-13-12-18(24)19(25)14-4-8-16(9-5-14)27-17-10-6-15(22)7-11-17/h4-11,18-19,24-25H,12-13,22H2,1-3H3,(H,23,26). The molecular weight excluding hydrogens is 360 g/mol. The number of hydrogen-bond acceptors (Lipinski definition) is 6. The van der Waals surface area contributed by atoms with Gasteiger partial charge < -0.3 is 30.7 Å². The highest BCUT2D eigenvalue weighted by Crippen LogP contribution is 2.25. The number of nitrogens with one attached hydrogen (secondary N) is 1. The van der Waals surface area contributed by atoms with Crippen LogP contribution in [0.25, 0.3) is 0 Å². The van der Waals surface area contributed by atoms with Gasteiger partial charge >= 0.3 is 6.09 Å². The molecule has 7 nitrogen and oxygen atoms in total. The minimum atomic E-state index is -1.08. The zero-order valence-corrected chi connectivity index (χ0v) is 16.4. The molecule has 0 spiro atoms. The maximum atomic E-state index is 11.6. The fraction of sp³-hybridized carbons (Fsp3) is 0.381. The number of hydrogen-bond donors (Lipinski definition) is 4. The van der Waals surface area contributed by atoms with Gasteiger partial charge in [0.2, 0.25) is 0 Å². The van der Waals surface area contributed by atoms with Crippen molar-refractivity contribution in [1.82, 2.24) is 5.32 Å². The largest absolute Gasteiger partial charge is 0.457 e. The van der Waals surface area contributed by atoms with Crippen LogP contribution in [-0.4, -0.2) is 34.6 Å². The van der Waals surface area contributed by atoms with Crippen molar-refractivity contribution in [2.45, 2.75) is 45.0 Å². The molecule has 0 radical (unpaired) electrons. The van der Waals surface area contributed by atoms with Gasteiger partial charge in [0.25, 0.3) is 0 Å². The first-order valence-electron chi connectivity index (χ1n) is 9.10. The Labute approximate surface area is 165 Å². The minimum Gasteiger partial charge on any atom is -0.457 e. The third-order valence-corrected chi connectivity index (χ3v) is 3.81. The molecule has 2 unspecified atom stereocenters. The van der Waals surface area contributed by atoms with Gasteiger partial charge in [-0.05, 0) is 69.2 Å². The van der Waals surface area contributed by atoms with E-state index in [1.807, 2.05) is 0 Å². The molecule has 28 heavy (non-hydrogen) atoms. The van der Waals surface area contributed by atoms with Crippen LogP contribution in [0.2, 0.25) is 0 Å². The van der Waals surface area contributed by atoms with Gasteiger partial charge in [-0.1, -0.05) is 12.1 Å². The van der Waals surface area contributed by atoms with Gasteiger partial charge in [0.05, 0.1) is 6.10 Å². The van der Waals surface area contributed by atoms with Crippen LogP contribution in [0.4, 0.5) is 10.5 Å². The fourth-order valence-electron chi connectivity index (χ4n) is 2.42. The number of aliphatic hydroxyl groups excluding tert-OH is 2. The SMILES string of the molecule is CC(C)(C)OC(=O)NCCC(O)C(O)c1ccc(Oc2ccc(N)cc2)cc1. The van der Waals surface area contributed by atoms with Crippen LogP contribution >= 0.6 is 0 Å². The highest BCUT2D eigenvalue weighted by Gasteiger charge is 2.20. The van der Waals surface area contributed by atoms with Crippen molar-refractivity contribution < 1.29 is 24.5 Å². The van der Waals surface area contributed by atoms with Gasteiger partial charge in [-0.2, -0.15) is 0 Å². The number of ether oxygens (including phenoxy) is 2. The Hall–Kier alpha value is -2.77. The summed E-state index contributed by atoms with van der Waals surface area (Å²) in [5.74, 6) is 1.25. The van der Waals surface area contributed by atoms with Crippen LogP contribution in [-0.2, 0) is 4.74 Å². The Morgan fingerprint density at radius 2 is 1.57 bits per heavy atom. The van der Waals surface area contributed by atoms with E-state index >= 15 is 0 Å². The Bertz CT molecular complexity index is 754. The van der Waals surface area contributed by atoms with Crippen molar-refractivity contribution in [1.29, 1.82) is 0 Å². The Kier molecular flexibility index (Phi) is 7.25. The second-order valence-electron chi connectivity index (χ2n) is 7.47. The third kappa shape index (κ3) is 7.09. The Morgan fingerprint density at radius 3 is 2.11 bits per heavy atom. The molecule has 2 aromatic rings. The van der Waals surface area contributed by atoms with Crippen LogP contribution in [0.3, 0.4) is 0 Å². The summed E-state index contributed by atoms with van der Waals surface area (Å²) in [7, 11) is 0. The highest BCUT2D eigenvalue weighted by molar-refractivity contribution is 5.67. The molecule has 0 saturated heterocycles. The van der Waals surface area contributed by atoms with Crippen molar-refractivity contribution in [3.63, 3.8) is 0 Å². The molecule has 0 aliphatic carbocycles. The number of nitrogen functional groups attached to an aromatic ring is 1. The fourth-order valence-corrected chi connectivity index (χ4v) is 2.42. The molecule has 0 aliphatic heterocycles. The summed E-state index contributed by atoms with van der Waals surface area (Å²) in [5, 5.41) is 23.0. The summed E-state index contributed by atoms with van der Waals surface area (Å²) >= 11 is 0.